The third-order valence-corrected chi connectivity index (χ3v) is 4.23. The lowest BCUT2D eigenvalue weighted by Gasteiger charge is -2.36. The summed E-state index contributed by atoms with van der Waals surface area (Å²) in [5.41, 5.74) is 1.71. The molecule has 1 aliphatic rings. The molecule has 0 amide bonds. The summed E-state index contributed by atoms with van der Waals surface area (Å²) in [6, 6.07) is 5.71. The Morgan fingerprint density at radius 2 is 1.94 bits per heavy atom. The van der Waals surface area contributed by atoms with Gasteiger partial charge in [0.05, 0.1) is 5.69 Å². The van der Waals surface area contributed by atoms with Crippen molar-refractivity contribution < 1.29 is 4.39 Å². The van der Waals surface area contributed by atoms with E-state index in [-0.39, 0.29) is 5.82 Å². The smallest absolute Gasteiger partial charge is 0.146 e. The number of nitrogens with one attached hydrogen (secondary N) is 1. The Hall–Kier alpha value is -1.05. The van der Waals surface area contributed by atoms with Gasteiger partial charge < -0.3 is 5.32 Å². The third-order valence-electron chi connectivity index (χ3n) is 4.23. The number of halogens is 1. The quantitative estimate of drug-likeness (QED) is 0.814. The van der Waals surface area contributed by atoms with Gasteiger partial charge in [-0.15, -0.1) is 0 Å². The van der Waals surface area contributed by atoms with Gasteiger partial charge in [0.1, 0.15) is 5.82 Å². The van der Waals surface area contributed by atoms with Crippen molar-refractivity contribution in [2.24, 2.45) is 11.8 Å². The third kappa shape index (κ3) is 2.85. The van der Waals surface area contributed by atoms with Gasteiger partial charge in [-0.1, -0.05) is 38.8 Å². The molecule has 1 N–H and O–H groups in total. The number of hydrogen-bond donors (Lipinski definition) is 1. The first-order chi connectivity index (χ1) is 8.59. The highest BCUT2D eigenvalue weighted by atomic mass is 19.1. The molecule has 1 aromatic rings. The number of rotatable bonds is 3. The van der Waals surface area contributed by atoms with Crippen molar-refractivity contribution in [2.75, 3.05) is 5.32 Å². The highest BCUT2D eigenvalue weighted by molar-refractivity contribution is 5.52. The van der Waals surface area contributed by atoms with Crippen LogP contribution in [0.5, 0.6) is 0 Å². The summed E-state index contributed by atoms with van der Waals surface area (Å²) >= 11 is 0. The Labute approximate surface area is 110 Å². The fourth-order valence-corrected chi connectivity index (χ4v) is 3.14. The van der Waals surface area contributed by atoms with E-state index in [1.165, 1.54) is 19.3 Å². The van der Waals surface area contributed by atoms with Crippen LogP contribution in [0.25, 0.3) is 0 Å². The molecule has 2 unspecified atom stereocenters. The van der Waals surface area contributed by atoms with Crippen LogP contribution in [-0.4, -0.2) is 6.04 Å². The second-order valence-electron chi connectivity index (χ2n) is 5.87. The van der Waals surface area contributed by atoms with E-state index in [1.54, 1.807) is 12.1 Å². The summed E-state index contributed by atoms with van der Waals surface area (Å²) in [6.07, 6.45) is 5.01. The van der Waals surface area contributed by atoms with Gasteiger partial charge in [0.15, 0.2) is 0 Å². The molecule has 0 aromatic heterocycles. The molecule has 0 spiro atoms. The normalized spacial score (nSPS) is 24.3. The minimum Gasteiger partial charge on any atom is -0.379 e. The van der Waals surface area contributed by atoms with Crippen molar-refractivity contribution in [1.82, 2.24) is 0 Å². The number of anilines is 1. The van der Waals surface area contributed by atoms with E-state index in [0.717, 1.165) is 12.0 Å². The van der Waals surface area contributed by atoms with E-state index in [4.69, 9.17) is 0 Å². The van der Waals surface area contributed by atoms with Crippen LogP contribution in [-0.2, 0) is 0 Å². The predicted octanol–water partition coefficient (Wildman–Crippen LogP) is 4.76. The van der Waals surface area contributed by atoms with Gasteiger partial charge in [-0.3, -0.25) is 0 Å². The minimum absolute atomic E-state index is 0.122. The Morgan fingerprint density at radius 3 is 2.61 bits per heavy atom. The van der Waals surface area contributed by atoms with E-state index < -0.39 is 0 Å². The maximum absolute atomic E-state index is 13.9. The number of benzene rings is 1. The van der Waals surface area contributed by atoms with Gasteiger partial charge in [0.25, 0.3) is 0 Å². The van der Waals surface area contributed by atoms with Gasteiger partial charge in [-0.25, -0.2) is 4.39 Å². The molecule has 1 aromatic carbocycles. The summed E-state index contributed by atoms with van der Waals surface area (Å²) in [5.74, 6) is 1.20. The molecule has 1 saturated carbocycles. The SMILES string of the molecule is Cc1cccc(F)c1NC1CCCCC1C(C)C. The zero-order valence-corrected chi connectivity index (χ0v) is 11.7. The second-order valence-corrected chi connectivity index (χ2v) is 5.87. The van der Waals surface area contributed by atoms with Crippen LogP contribution in [0.4, 0.5) is 10.1 Å². The lowest BCUT2D eigenvalue weighted by atomic mass is 9.77. The molecule has 1 fully saturated rings. The van der Waals surface area contributed by atoms with Gasteiger partial charge in [-0.2, -0.15) is 0 Å². The van der Waals surface area contributed by atoms with E-state index in [1.807, 2.05) is 13.0 Å². The molecule has 0 radical (unpaired) electrons. The van der Waals surface area contributed by atoms with Crippen LogP contribution < -0.4 is 5.32 Å². The molecule has 0 bridgehead atoms. The Balaban J connectivity index is 2.16. The molecule has 0 aliphatic heterocycles. The summed E-state index contributed by atoms with van der Waals surface area (Å²) in [6.45, 7) is 6.52. The van der Waals surface area contributed by atoms with Crippen LogP contribution in [0.3, 0.4) is 0 Å². The molecule has 2 rings (SSSR count). The molecule has 2 heteroatoms. The maximum atomic E-state index is 13.9. The fourth-order valence-electron chi connectivity index (χ4n) is 3.14. The summed E-state index contributed by atoms with van der Waals surface area (Å²) < 4.78 is 13.9. The van der Waals surface area contributed by atoms with Crippen molar-refractivity contribution in [3.05, 3.63) is 29.6 Å². The highest BCUT2D eigenvalue weighted by Gasteiger charge is 2.28. The molecule has 2 atom stereocenters. The monoisotopic (exact) mass is 249 g/mol. The maximum Gasteiger partial charge on any atom is 0.146 e. The van der Waals surface area contributed by atoms with Crippen LogP contribution in [0.15, 0.2) is 18.2 Å². The molecule has 0 heterocycles. The number of aryl methyl sites for hydroxylation is 1. The highest BCUT2D eigenvalue weighted by Crippen LogP contribution is 2.33. The van der Waals surface area contributed by atoms with Crippen molar-refractivity contribution in [1.29, 1.82) is 0 Å². The van der Waals surface area contributed by atoms with Gasteiger partial charge in [0, 0.05) is 6.04 Å². The van der Waals surface area contributed by atoms with Crippen molar-refractivity contribution in [2.45, 2.75) is 52.5 Å². The molecule has 0 saturated heterocycles. The van der Waals surface area contributed by atoms with E-state index in [0.29, 0.717) is 23.6 Å². The molecular weight excluding hydrogens is 225 g/mol. The molecule has 1 nitrogen and oxygen atoms in total. The first-order valence-corrected chi connectivity index (χ1v) is 7.11. The van der Waals surface area contributed by atoms with Crippen LogP contribution >= 0.6 is 0 Å². The zero-order chi connectivity index (χ0) is 13.1. The Kier molecular flexibility index (Phi) is 4.26. The lowest BCUT2D eigenvalue weighted by Crippen LogP contribution is -2.35. The summed E-state index contributed by atoms with van der Waals surface area (Å²) in [4.78, 5) is 0. The molecule has 1 aliphatic carbocycles. The summed E-state index contributed by atoms with van der Waals surface area (Å²) in [7, 11) is 0. The largest absolute Gasteiger partial charge is 0.379 e. The zero-order valence-electron chi connectivity index (χ0n) is 11.7. The minimum atomic E-state index is -0.122. The van der Waals surface area contributed by atoms with Gasteiger partial charge in [-0.05, 0) is 43.2 Å². The molecule has 100 valence electrons. The van der Waals surface area contributed by atoms with Crippen LogP contribution in [0.2, 0.25) is 0 Å². The Morgan fingerprint density at radius 1 is 1.22 bits per heavy atom. The predicted molar refractivity (Wildman–Crippen MR) is 75.3 cm³/mol. The summed E-state index contributed by atoms with van der Waals surface area (Å²) in [5, 5.41) is 3.47. The van der Waals surface area contributed by atoms with Gasteiger partial charge in [0.2, 0.25) is 0 Å². The lowest BCUT2D eigenvalue weighted by molar-refractivity contribution is 0.253. The average Bonchev–Trinajstić information content (AvgIpc) is 2.34. The van der Waals surface area contributed by atoms with Crippen LogP contribution in [0, 0.1) is 24.6 Å². The first kappa shape index (κ1) is 13.4. The van der Waals surface area contributed by atoms with Crippen molar-refractivity contribution >= 4 is 5.69 Å². The number of para-hydroxylation sites is 1. The molecular formula is C16H24FN. The van der Waals surface area contributed by atoms with E-state index in [2.05, 4.69) is 19.2 Å². The van der Waals surface area contributed by atoms with Crippen LogP contribution in [0.1, 0.15) is 45.1 Å². The number of hydrogen-bond acceptors (Lipinski definition) is 1. The Bertz CT molecular complexity index is 380. The second kappa shape index (κ2) is 5.73. The first-order valence-electron chi connectivity index (χ1n) is 7.11. The fraction of sp³-hybridized carbons (Fsp3) is 0.625. The van der Waals surface area contributed by atoms with Crippen molar-refractivity contribution in [3.63, 3.8) is 0 Å². The van der Waals surface area contributed by atoms with E-state index >= 15 is 0 Å². The van der Waals surface area contributed by atoms with Gasteiger partial charge >= 0.3 is 0 Å². The molecule has 18 heavy (non-hydrogen) atoms. The van der Waals surface area contributed by atoms with Crippen molar-refractivity contribution in [3.8, 4) is 0 Å². The standard InChI is InChI=1S/C16H24FN/c1-11(2)13-8-4-5-10-15(13)18-16-12(3)7-6-9-14(16)17/h6-7,9,11,13,15,18H,4-5,8,10H2,1-3H3. The topological polar surface area (TPSA) is 12.0 Å². The van der Waals surface area contributed by atoms with E-state index in [9.17, 15) is 4.39 Å². The average molecular weight is 249 g/mol.